The highest BCUT2D eigenvalue weighted by atomic mass is 35.5. The molecule has 6 heteroatoms. The van der Waals surface area contributed by atoms with Gasteiger partial charge in [-0.1, -0.05) is 35.5 Å². The molecule has 0 unspecified atom stereocenters. The summed E-state index contributed by atoms with van der Waals surface area (Å²) in [5.74, 6) is 1.63. The normalized spacial score (nSPS) is 10.5. The zero-order chi connectivity index (χ0) is 16.9. The molecule has 0 fully saturated rings. The van der Waals surface area contributed by atoms with Gasteiger partial charge in [-0.2, -0.15) is 5.26 Å². The molecule has 0 atom stereocenters. The van der Waals surface area contributed by atoms with Crippen molar-refractivity contribution in [3.8, 4) is 17.5 Å². The summed E-state index contributed by atoms with van der Waals surface area (Å²) < 4.78 is 2.09. The summed E-state index contributed by atoms with van der Waals surface area (Å²) in [6.07, 6.45) is 0. The molecule has 3 rings (SSSR count). The molecule has 0 aliphatic rings. The number of hydrogen-bond donors (Lipinski definition) is 0. The zero-order valence-corrected chi connectivity index (χ0v) is 14.7. The largest absolute Gasteiger partial charge is 0.302 e. The molecule has 0 radical (unpaired) electrons. The predicted octanol–water partition coefficient (Wildman–Crippen LogP) is 4.78. The van der Waals surface area contributed by atoms with Gasteiger partial charge in [0.2, 0.25) is 0 Å². The first-order chi connectivity index (χ1) is 11.7. The summed E-state index contributed by atoms with van der Waals surface area (Å²) in [4.78, 5) is 0. The van der Waals surface area contributed by atoms with Gasteiger partial charge < -0.3 is 4.57 Å². The van der Waals surface area contributed by atoms with Crippen molar-refractivity contribution in [2.45, 2.75) is 24.4 Å². The van der Waals surface area contributed by atoms with Gasteiger partial charge in [0.25, 0.3) is 0 Å². The monoisotopic (exact) mass is 354 g/mol. The van der Waals surface area contributed by atoms with E-state index in [1.165, 1.54) is 0 Å². The van der Waals surface area contributed by atoms with E-state index >= 15 is 0 Å². The molecule has 4 nitrogen and oxygen atoms in total. The predicted molar refractivity (Wildman–Crippen MR) is 96.9 cm³/mol. The van der Waals surface area contributed by atoms with Gasteiger partial charge >= 0.3 is 0 Å². The van der Waals surface area contributed by atoms with Crippen LogP contribution in [0.4, 0.5) is 0 Å². The molecule has 2 aromatic carbocycles. The van der Waals surface area contributed by atoms with E-state index in [1.54, 1.807) is 11.8 Å². The van der Waals surface area contributed by atoms with Gasteiger partial charge in [-0.25, -0.2) is 0 Å². The minimum absolute atomic E-state index is 0.672. The van der Waals surface area contributed by atoms with Gasteiger partial charge in [-0.15, -0.1) is 10.2 Å². The molecular formula is C18H15ClN4S. The topological polar surface area (TPSA) is 54.5 Å². The molecule has 0 saturated heterocycles. The highest BCUT2D eigenvalue weighted by Gasteiger charge is 2.13. The Morgan fingerprint density at radius 3 is 2.42 bits per heavy atom. The number of halogens is 1. The Bertz CT molecular complexity index is 864. The van der Waals surface area contributed by atoms with Crippen LogP contribution in [-0.4, -0.2) is 14.8 Å². The summed E-state index contributed by atoms with van der Waals surface area (Å²) in [5.41, 5.74) is 2.82. The lowest BCUT2D eigenvalue weighted by Crippen LogP contribution is -1.99. The number of aromatic nitrogens is 3. The molecule has 0 saturated carbocycles. The first-order valence-electron chi connectivity index (χ1n) is 7.52. The third-order valence-corrected chi connectivity index (χ3v) is 4.88. The number of rotatable bonds is 5. The molecule has 0 spiro atoms. The number of hydrogen-bond acceptors (Lipinski definition) is 4. The standard InChI is InChI=1S/C18H15ClN4S/c1-2-23-17(15-7-9-16(19)10-8-15)21-22-18(23)24-12-14-5-3-13(11-20)4-6-14/h3-10H,2,12H2,1H3. The van der Waals surface area contributed by atoms with Crippen LogP contribution in [0.1, 0.15) is 18.1 Å². The van der Waals surface area contributed by atoms with Crippen LogP contribution < -0.4 is 0 Å². The SMILES string of the molecule is CCn1c(SCc2ccc(C#N)cc2)nnc1-c1ccc(Cl)cc1. The fourth-order valence-corrected chi connectivity index (χ4v) is 3.40. The number of benzene rings is 2. The second kappa shape index (κ2) is 7.52. The third kappa shape index (κ3) is 3.61. The van der Waals surface area contributed by atoms with Crippen molar-refractivity contribution >= 4 is 23.4 Å². The van der Waals surface area contributed by atoms with Crippen molar-refractivity contribution < 1.29 is 0 Å². The second-order valence-corrected chi connectivity index (χ2v) is 6.53. The van der Waals surface area contributed by atoms with E-state index in [0.29, 0.717) is 10.6 Å². The lowest BCUT2D eigenvalue weighted by atomic mass is 10.2. The molecule has 24 heavy (non-hydrogen) atoms. The third-order valence-electron chi connectivity index (χ3n) is 3.59. The second-order valence-electron chi connectivity index (χ2n) is 5.15. The molecule has 0 aliphatic carbocycles. The maximum absolute atomic E-state index is 8.85. The van der Waals surface area contributed by atoms with E-state index in [0.717, 1.165) is 34.4 Å². The summed E-state index contributed by atoms with van der Waals surface area (Å²) in [7, 11) is 0. The van der Waals surface area contributed by atoms with E-state index in [9.17, 15) is 0 Å². The Balaban J connectivity index is 1.78. The van der Waals surface area contributed by atoms with Crippen molar-refractivity contribution in [2.24, 2.45) is 0 Å². The van der Waals surface area contributed by atoms with Crippen molar-refractivity contribution in [3.05, 3.63) is 64.7 Å². The number of thioether (sulfide) groups is 1. The lowest BCUT2D eigenvalue weighted by molar-refractivity contribution is 0.687. The fourth-order valence-electron chi connectivity index (χ4n) is 2.32. The molecule has 3 aromatic rings. The Morgan fingerprint density at radius 2 is 1.79 bits per heavy atom. The molecular weight excluding hydrogens is 340 g/mol. The Kier molecular flexibility index (Phi) is 5.19. The quantitative estimate of drug-likeness (QED) is 0.618. The average molecular weight is 355 g/mol. The van der Waals surface area contributed by atoms with Crippen LogP contribution in [0, 0.1) is 11.3 Å². The first kappa shape index (κ1) is 16.6. The van der Waals surface area contributed by atoms with Gasteiger partial charge in [-0.05, 0) is 48.9 Å². The van der Waals surface area contributed by atoms with Crippen LogP contribution in [0.2, 0.25) is 5.02 Å². The van der Waals surface area contributed by atoms with Crippen LogP contribution >= 0.6 is 23.4 Å². The summed E-state index contributed by atoms with van der Waals surface area (Å²) >= 11 is 7.59. The van der Waals surface area contributed by atoms with Gasteiger partial charge in [0, 0.05) is 22.9 Å². The molecule has 0 N–H and O–H groups in total. The van der Waals surface area contributed by atoms with E-state index < -0.39 is 0 Å². The zero-order valence-electron chi connectivity index (χ0n) is 13.1. The van der Waals surface area contributed by atoms with Gasteiger partial charge in [0.1, 0.15) is 0 Å². The fraction of sp³-hybridized carbons (Fsp3) is 0.167. The maximum atomic E-state index is 8.85. The minimum Gasteiger partial charge on any atom is -0.302 e. The van der Waals surface area contributed by atoms with E-state index in [4.69, 9.17) is 16.9 Å². The van der Waals surface area contributed by atoms with Crippen molar-refractivity contribution in [2.75, 3.05) is 0 Å². The van der Waals surface area contributed by atoms with Gasteiger partial charge in [0.05, 0.1) is 11.6 Å². The average Bonchev–Trinajstić information content (AvgIpc) is 3.04. The first-order valence-corrected chi connectivity index (χ1v) is 8.88. The highest BCUT2D eigenvalue weighted by Crippen LogP contribution is 2.27. The van der Waals surface area contributed by atoms with Crippen LogP contribution in [0.15, 0.2) is 53.7 Å². The highest BCUT2D eigenvalue weighted by molar-refractivity contribution is 7.98. The maximum Gasteiger partial charge on any atom is 0.191 e. The van der Waals surface area contributed by atoms with E-state index in [1.807, 2.05) is 48.5 Å². The Labute approximate surface area is 150 Å². The van der Waals surface area contributed by atoms with Crippen LogP contribution in [0.3, 0.4) is 0 Å². The molecule has 120 valence electrons. The van der Waals surface area contributed by atoms with Gasteiger partial charge in [-0.3, -0.25) is 0 Å². The summed E-state index contributed by atoms with van der Waals surface area (Å²) in [5, 5.41) is 19.1. The van der Waals surface area contributed by atoms with Crippen LogP contribution in [-0.2, 0) is 12.3 Å². The number of nitriles is 1. The Morgan fingerprint density at radius 1 is 1.08 bits per heavy atom. The van der Waals surface area contributed by atoms with E-state index in [2.05, 4.69) is 27.8 Å². The molecule has 0 aliphatic heterocycles. The summed E-state index contributed by atoms with van der Waals surface area (Å²) in [6.45, 7) is 2.87. The lowest BCUT2D eigenvalue weighted by Gasteiger charge is -2.07. The van der Waals surface area contributed by atoms with Crippen molar-refractivity contribution in [3.63, 3.8) is 0 Å². The summed E-state index contributed by atoms with van der Waals surface area (Å²) in [6, 6.07) is 17.4. The number of nitrogens with zero attached hydrogens (tertiary/aromatic N) is 4. The van der Waals surface area contributed by atoms with Crippen LogP contribution in [0.5, 0.6) is 0 Å². The minimum atomic E-state index is 0.672. The van der Waals surface area contributed by atoms with Crippen molar-refractivity contribution in [1.29, 1.82) is 5.26 Å². The molecule has 0 amide bonds. The smallest absolute Gasteiger partial charge is 0.191 e. The van der Waals surface area contributed by atoms with Gasteiger partial charge in [0.15, 0.2) is 11.0 Å². The van der Waals surface area contributed by atoms with Crippen molar-refractivity contribution in [1.82, 2.24) is 14.8 Å². The molecule has 0 bridgehead atoms. The van der Waals surface area contributed by atoms with Crippen LogP contribution in [0.25, 0.3) is 11.4 Å². The molecule has 1 heterocycles. The Hall–Kier alpha value is -2.29. The molecule has 1 aromatic heterocycles. The van der Waals surface area contributed by atoms with E-state index in [-0.39, 0.29) is 0 Å².